The number of ether oxygens (including phenoxy) is 1. The highest BCUT2D eigenvalue weighted by atomic mass is 16.5. The molecule has 0 fully saturated rings. The van der Waals surface area contributed by atoms with E-state index in [1.807, 2.05) is 67.3 Å². The molecule has 5 rings (SSSR count). The molecule has 3 heterocycles. The van der Waals surface area contributed by atoms with Gasteiger partial charge >= 0.3 is 0 Å². The van der Waals surface area contributed by atoms with Gasteiger partial charge in [0.1, 0.15) is 22.9 Å². The van der Waals surface area contributed by atoms with Crippen molar-refractivity contribution in [3.8, 4) is 22.8 Å². The van der Waals surface area contributed by atoms with Gasteiger partial charge in [-0.2, -0.15) is 5.10 Å². The molecule has 0 radical (unpaired) electrons. The van der Waals surface area contributed by atoms with E-state index in [1.165, 1.54) is 19.3 Å². The summed E-state index contributed by atoms with van der Waals surface area (Å²) in [7, 11) is 0. The second kappa shape index (κ2) is 11.1. The summed E-state index contributed by atoms with van der Waals surface area (Å²) in [4.78, 5) is 19.8. The fourth-order valence-corrected chi connectivity index (χ4v) is 5.21. The van der Waals surface area contributed by atoms with Crippen LogP contribution in [0.2, 0.25) is 0 Å². The molecule has 1 aliphatic rings. The second-order valence-corrected chi connectivity index (χ2v) is 10.0. The number of benzene rings is 2. The van der Waals surface area contributed by atoms with Gasteiger partial charge in [0.2, 0.25) is 0 Å². The van der Waals surface area contributed by atoms with E-state index in [0.717, 1.165) is 40.0 Å². The third-order valence-corrected chi connectivity index (χ3v) is 7.10. The maximum absolute atomic E-state index is 13.7. The summed E-state index contributed by atoms with van der Waals surface area (Å²) >= 11 is 0. The van der Waals surface area contributed by atoms with Gasteiger partial charge in [0.25, 0.3) is 5.91 Å². The Balaban J connectivity index is 1.52. The third-order valence-electron chi connectivity index (χ3n) is 7.10. The summed E-state index contributed by atoms with van der Waals surface area (Å²) in [5, 5.41) is 18.5. The number of hydrogen-bond donors (Lipinski definition) is 2. The first-order valence-corrected chi connectivity index (χ1v) is 13.3. The maximum Gasteiger partial charge on any atom is 0.273 e. The molecule has 2 aromatic heterocycles. The molecule has 0 saturated heterocycles. The molecule has 1 aliphatic heterocycles. The van der Waals surface area contributed by atoms with E-state index in [-0.39, 0.29) is 17.7 Å². The number of hydrogen-bond acceptors (Lipinski definition) is 5. The van der Waals surface area contributed by atoms with Gasteiger partial charge in [-0.15, -0.1) is 0 Å². The zero-order chi connectivity index (χ0) is 26.6. The van der Waals surface area contributed by atoms with Crippen LogP contribution in [0, 0.1) is 13.8 Å². The van der Waals surface area contributed by atoms with Gasteiger partial charge in [-0.05, 0) is 66.8 Å². The number of amides is 1. The molecule has 196 valence electrons. The Morgan fingerprint density at radius 3 is 2.63 bits per heavy atom. The van der Waals surface area contributed by atoms with E-state index in [1.54, 1.807) is 12.4 Å². The number of carbonyl (C=O) groups excluding carboxylic acids is 1. The van der Waals surface area contributed by atoms with Gasteiger partial charge in [-0.1, -0.05) is 50.5 Å². The summed E-state index contributed by atoms with van der Waals surface area (Å²) in [6.45, 7) is 7.14. The molecule has 7 heteroatoms. The molecule has 2 aromatic carbocycles. The van der Waals surface area contributed by atoms with Crippen LogP contribution in [0.1, 0.15) is 77.0 Å². The molecule has 0 aliphatic carbocycles. The molecular formula is C31H34N4O3. The predicted octanol–water partition coefficient (Wildman–Crippen LogP) is 6.50. The normalized spacial score (nSPS) is 14.7. The number of H-pyrrole nitrogens is 1. The van der Waals surface area contributed by atoms with Crippen LogP contribution in [0.4, 0.5) is 0 Å². The van der Waals surface area contributed by atoms with E-state index in [9.17, 15) is 9.90 Å². The minimum Gasteiger partial charge on any atom is -0.507 e. The van der Waals surface area contributed by atoms with E-state index in [0.29, 0.717) is 30.1 Å². The van der Waals surface area contributed by atoms with Crippen molar-refractivity contribution in [2.45, 2.75) is 59.0 Å². The number of aromatic amines is 1. The molecule has 0 spiro atoms. The number of aryl methyl sites for hydroxylation is 2. The highest BCUT2D eigenvalue weighted by molar-refractivity contribution is 6.00. The van der Waals surface area contributed by atoms with Crippen LogP contribution in [0.5, 0.6) is 11.5 Å². The van der Waals surface area contributed by atoms with E-state index >= 15 is 0 Å². The number of unbranched alkanes of at least 4 members (excludes halogenated alkanes) is 3. The number of rotatable bonds is 10. The van der Waals surface area contributed by atoms with Gasteiger partial charge in [0.15, 0.2) is 0 Å². The maximum atomic E-state index is 13.7. The minimum atomic E-state index is -0.384. The molecule has 1 unspecified atom stereocenters. The average molecular weight is 511 g/mol. The number of aromatic nitrogens is 3. The van der Waals surface area contributed by atoms with Crippen LogP contribution >= 0.6 is 0 Å². The number of pyridine rings is 1. The Bertz CT molecular complexity index is 1410. The van der Waals surface area contributed by atoms with Crippen molar-refractivity contribution in [2.24, 2.45) is 0 Å². The lowest BCUT2D eigenvalue weighted by molar-refractivity contribution is 0.0730. The molecule has 7 nitrogen and oxygen atoms in total. The van der Waals surface area contributed by atoms with Crippen LogP contribution in [0.3, 0.4) is 0 Å². The van der Waals surface area contributed by atoms with Gasteiger partial charge in [0, 0.05) is 30.1 Å². The van der Waals surface area contributed by atoms with Gasteiger partial charge < -0.3 is 14.7 Å². The highest BCUT2D eigenvalue weighted by Crippen LogP contribution is 2.46. The van der Waals surface area contributed by atoms with Crippen LogP contribution in [0.15, 0.2) is 60.9 Å². The van der Waals surface area contributed by atoms with Crippen molar-refractivity contribution >= 4 is 5.91 Å². The summed E-state index contributed by atoms with van der Waals surface area (Å²) in [5.41, 5.74) is 6.10. The number of carbonyl (C=O) groups is 1. The van der Waals surface area contributed by atoms with Crippen molar-refractivity contribution in [1.29, 1.82) is 0 Å². The molecule has 38 heavy (non-hydrogen) atoms. The van der Waals surface area contributed by atoms with Crippen molar-refractivity contribution < 1.29 is 14.6 Å². The Hall–Kier alpha value is -4.13. The average Bonchev–Trinajstić information content (AvgIpc) is 3.46. The van der Waals surface area contributed by atoms with E-state index in [2.05, 4.69) is 22.1 Å². The lowest BCUT2D eigenvalue weighted by Crippen LogP contribution is -2.29. The van der Waals surface area contributed by atoms with Crippen molar-refractivity contribution in [3.63, 3.8) is 0 Å². The zero-order valence-electron chi connectivity index (χ0n) is 22.2. The lowest BCUT2D eigenvalue weighted by Gasteiger charge is -2.26. The quantitative estimate of drug-likeness (QED) is 0.238. The van der Waals surface area contributed by atoms with Gasteiger partial charge in [-0.3, -0.25) is 14.9 Å². The largest absolute Gasteiger partial charge is 0.507 e. The zero-order valence-corrected chi connectivity index (χ0v) is 22.2. The van der Waals surface area contributed by atoms with Crippen LogP contribution in [-0.4, -0.2) is 37.7 Å². The molecule has 1 atom stereocenters. The van der Waals surface area contributed by atoms with E-state index in [4.69, 9.17) is 4.74 Å². The molecule has 4 aromatic rings. The molecule has 0 saturated carbocycles. The monoisotopic (exact) mass is 510 g/mol. The summed E-state index contributed by atoms with van der Waals surface area (Å²) in [5.74, 6) is 0.856. The van der Waals surface area contributed by atoms with Crippen LogP contribution in [0.25, 0.3) is 11.3 Å². The Morgan fingerprint density at radius 1 is 1.08 bits per heavy atom. The highest BCUT2D eigenvalue weighted by Gasteiger charge is 2.42. The standard InChI is InChI=1S/C31H34N4O3/c1-4-5-6-7-15-38-24-12-10-23(11-13-24)29-26-27(25-17-20(2)16-21(3)30(25)36)33-34-28(26)31(37)35(29)19-22-9-8-14-32-18-22/h8-14,16-18,29,36H,4-7,15,19H2,1-3H3,(H,33,34). The fraction of sp³-hybridized carbons (Fsp3) is 0.323. The summed E-state index contributed by atoms with van der Waals surface area (Å²) in [6, 6.07) is 15.3. The number of phenols is 1. The molecular weight excluding hydrogens is 476 g/mol. The van der Waals surface area contributed by atoms with Gasteiger partial charge in [0.05, 0.1) is 12.6 Å². The first-order chi connectivity index (χ1) is 18.5. The van der Waals surface area contributed by atoms with Crippen molar-refractivity contribution in [3.05, 3.63) is 94.4 Å². The SMILES string of the molecule is CCCCCCOc1ccc(C2c3c(-c4cc(C)cc(C)c4O)n[nH]c3C(=O)N2Cc2cccnc2)cc1. The number of aromatic hydroxyl groups is 1. The fourth-order valence-electron chi connectivity index (χ4n) is 5.21. The number of phenolic OH excluding ortho intramolecular Hbond substituents is 1. The first kappa shape index (κ1) is 25.5. The molecule has 1 amide bonds. The minimum absolute atomic E-state index is 0.132. The first-order valence-electron chi connectivity index (χ1n) is 13.3. The second-order valence-electron chi connectivity index (χ2n) is 10.0. The van der Waals surface area contributed by atoms with Crippen LogP contribution in [-0.2, 0) is 6.54 Å². The number of nitrogens with zero attached hydrogens (tertiary/aromatic N) is 3. The Morgan fingerprint density at radius 2 is 1.89 bits per heavy atom. The Kier molecular flexibility index (Phi) is 7.45. The number of fused-ring (bicyclic) bond motifs is 1. The summed E-state index contributed by atoms with van der Waals surface area (Å²) in [6.07, 6.45) is 8.12. The molecule has 2 N–H and O–H groups in total. The predicted molar refractivity (Wildman–Crippen MR) is 147 cm³/mol. The Labute approximate surface area is 223 Å². The third kappa shape index (κ3) is 5.01. The van der Waals surface area contributed by atoms with Crippen molar-refractivity contribution in [1.82, 2.24) is 20.1 Å². The number of nitrogens with one attached hydrogen (secondary N) is 1. The summed E-state index contributed by atoms with van der Waals surface area (Å²) < 4.78 is 5.96. The van der Waals surface area contributed by atoms with Crippen LogP contribution < -0.4 is 4.74 Å². The topological polar surface area (TPSA) is 91.3 Å². The van der Waals surface area contributed by atoms with Gasteiger partial charge in [-0.25, -0.2) is 0 Å². The smallest absolute Gasteiger partial charge is 0.273 e. The lowest BCUT2D eigenvalue weighted by atomic mass is 9.94. The van der Waals surface area contributed by atoms with Crippen molar-refractivity contribution in [2.75, 3.05) is 6.61 Å². The van der Waals surface area contributed by atoms with E-state index < -0.39 is 0 Å². The molecule has 0 bridgehead atoms.